The quantitative estimate of drug-likeness (QED) is 0.862. The zero-order valence-electron chi connectivity index (χ0n) is 9.59. The number of para-hydroxylation sites is 1. The lowest BCUT2D eigenvalue weighted by atomic mass is 10.1. The van der Waals surface area contributed by atoms with Crippen LogP contribution in [0.3, 0.4) is 0 Å². The minimum absolute atomic E-state index is 0.119. The van der Waals surface area contributed by atoms with Gasteiger partial charge in [0.25, 0.3) is 0 Å². The average molecular weight is 282 g/mol. The molecule has 0 amide bonds. The monoisotopic (exact) mass is 281 g/mol. The Hall–Kier alpha value is -0.980. The number of rotatable bonds is 4. The molecule has 0 heterocycles. The molecule has 0 radical (unpaired) electrons. The summed E-state index contributed by atoms with van der Waals surface area (Å²) in [5.74, 6) is 6.53. The van der Waals surface area contributed by atoms with E-state index in [4.69, 9.17) is 10.5 Å². The van der Waals surface area contributed by atoms with Gasteiger partial charge in [0.2, 0.25) is 0 Å². The average Bonchev–Trinajstić information content (AvgIpc) is 2.21. The molecule has 0 aliphatic heterocycles. The highest BCUT2D eigenvalue weighted by Crippen LogP contribution is 2.29. The van der Waals surface area contributed by atoms with Crippen LogP contribution in [0.1, 0.15) is 19.4 Å². The van der Waals surface area contributed by atoms with E-state index in [1.165, 1.54) is 0 Å². The molecule has 0 saturated heterocycles. The summed E-state index contributed by atoms with van der Waals surface area (Å²) in [6, 6.07) is 6.09. The predicted octanol–water partition coefficient (Wildman–Crippen LogP) is 2.74. The predicted molar refractivity (Wildman–Crippen MR) is 70.4 cm³/mol. The van der Waals surface area contributed by atoms with Crippen LogP contribution in [-0.4, -0.2) is 12.6 Å². The first-order valence-electron chi connectivity index (χ1n) is 5.20. The molecule has 0 aliphatic rings. The molecule has 0 saturated carbocycles. The van der Waals surface area contributed by atoms with Crippen LogP contribution in [0.15, 0.2) is 22.7 Å². The maximum atomic E-state index is 5.80. The molecule has 0 spiro atoms. The van der Waals surface area contributed by atoms with Crippen molar-refractivity contribution in [2.24, 2.45) is 5.73 Å². The summed E-state index contributed by atoms with van der Waals surface area (Å²) in [6.07, 6.45) is 0.800. The summed E-state index contributed by atoms with van der Waals surface area (Å²) in [5, 5.41) is 0. The minimum Gasteiger partial charge on any atom is -0.479 e. The van der Waals surface area contributed by atoms with Crippen LogP contribution < -0.4 is 10.5 Å². The van der Waals surface area contributed by atoms with Gasteiger partial charge in [-0.2, -0.15) is 0 Å². The summed E-state index contributed by atoms with van der Waals surface area (Å²) >= 11 is 3.48. The Balaban J connectivity index is 2.88. The second-order valence-electron chi connectivity index (χ2n) is 3.62. The Labute approximate surface area is 105 Å². The topological polar surface area (TPSA) is 35.2 Å². The molecule has 1 aromatic carbocycles. The molecule has 0 aromatic heterocycles. The van der Waals surface area contributed by atoms with E-state index >= 15 is 0 Å². The Morgan fingerprint density at radius 3 is 2.88 bits per heavy atom. The van der Waals surface area contributed by atoms with Crippen LogP contribution in [0.2, 0.25) is 0 Å². The fraction of sp³-hybridized carbons (Fsp3) is 0.385. The molecule has 1 rings (SSSR count). The number of nitrogens with two attached hydrogens (primary N) is 1. The first-order chi connectivity index (χ1) is 7.65. The first kappa shape index (κ1) is 13.1. The third-order valence-corrected chi connectivity index (χ3v) is 2.68. The molecule has 86 valence electrons. The van der Waals surface area contributed by atoms with Crippen molar-refractivity contribution in [1.29, 1.82) is 0 Å². The molecule has 0 fully saturated rings. The zero-order chi connectivity index (χ0) is 12.0. The number of hydrogen-bond acceptors (Lipinski definition) is 2. The van der Waals surface area contributed by atoms with Crippen LogP contribution in [0.4, 0.5) is 0 Å². The Kier molecular flexibility index (Phi) is 5.37. The summed E-state index contributed by atoms with van der Waals surface area (Å²) in [6.45, 7) is 4.19. The normalized spacial score (nSPS) is 11.5. The lowest BCUT2D eigenvalue weighted by molar-refractivity contribution is 0.362. The van der Waals surface area contributed by atoms with Crippen LogP contribution >= 0.6 is 15.9 Å². The molecule has 1 atom stereocenters. The molecule has 16 heavy (non-hydrogen) atoms. The van der Waals surface area contributed by atoms with E-state index in [1.807, 2.05) is 25.1 Å². The van der Waals surface area contributed by atoms with Crippen molar-refractivity contribution in [3.8, 4) is 17.6 Å². The van der Waals surface area contributed by atoms with E-state index in [-0.39, 0.29) is 6.04 Å². The van der Waals surface area contributed by atoms with Crippen molar-refractivity contribution >= 4 is 15.9 Å². The van der Waals surface area contributed by atoms with E-state index in [0.29, 0.717) is 6.61 Å². The van der Waals surface area contributed by atoms with Crippen LogP contribution in [0.5, 0.6) is 5.75 Å². The van der Waals surface area contributed by atoms with E-state index < -0.39 is 0 Å². The molecular weight excluding hydrogens is 266 g/mol. The van der Waals surface area contributed by atoms with Crippen molar-refractivity contribution in [1.82, 2.24) is 0 Å². The van der Waals surface area contributed by atoms with Gasteiger partial charge < -0.3 is 10.5 Å². The van der Waals surface area contributed by atoms with Gasteiger partial charge in [-0.1, -0.05) is 18.1 Å². The lowest BCUT2D eigenvalue weighted by Gasteiger charge is -2.13. The van der Waals surface area contributed by atoms with Gasteiger partial charge in [0.15, 0.2) is 0 Å². The van der Waals surface area contributed by atoms with Gasteiger partial charge in [0.1, 0.15) is 12.4 Å². The largest absolute Gasteiger partial charge is 0.479 e. The fourth-order valence-electron chi connectivity index (χ4n) is 1.40. The summed E-state index contributed by atoms with van der Waals surface area (Å²) in [7, 11) is 0. The Bertz CT molecular complexity index is 404. The van der Waals surface area contributed by atoms with E-state index in [0.717, 1.165) is 22.2 Å². The van der Waals surface area contributed by atoms with Crippen LogP contribution in [-0.2, 0) is 6.42 Å². The van der Waals surface area contributed by atoms with Crippen molar-refractivity contribution in [2.75, 3.05) is 6.61 Å². The molecular formula is C13H16BrNO. The third kappa shape index (κ3) is 3.88. The van der Waals surface area contributed by atoms with E-state index in [9.17, 15) is 0 Å². The lowest BCUT2D eigenvalue weighted by Crippen LogP contribution is -2.18. The smallest absolute Gasteiger partial charge is 0.149 e. The fourth-order valence-corrected chi connectivity index (χ4v) is 1.92. The number of hydrogen-bond donors (Lipinski definition) is 1. The van der Waals surface area contributed by atoms with Gasteiger partial charge in [-0.05, 0) is 47.8 Å². The van der Waals surface area contributed by atoms with Crippen LogP contribution in [0, 0.1) is 11.8 Å². The van der Waals surface area contributed by atoms with E-state index in [2.05, 4.69) is 27.8 Å². The second-order valence-corrected chi connectivity index (χ2v) is 4.48. The molecule has 2 N–H and O–H groups in total. The first-order valence-corrected chi connectivity index (χ1v) is 5.99. The maximum absolute atomic E-state index is 5.80. The summed E-state index contributed by atoms with van der Waals surface area (Å²) in [5.41, 5.74) is 6.91. The minimum atomic E-state index is 0.119. The highest BCUT2D eigenvalue weighted by Gasteiger charge is 2.09. The highest BCUT2D eigenvalue weighted by atomic mass is 79.9. The van der Waals surface area contributed by atoms with Gasteiger partial charge in [-0.3, -0.25) is 0 Å². The Morgan fingerprint density at radius 2 is 2.25 bits per heavy atom. The van der Waals surface area contributed by atoms with E-state index in [1.54, 1.807) is 6.92 Å². The molecule has 3 heteroatoms. The van der Waals surface area contributed by atoms with Crippen molar-refractivity contribution in [3.63, 3.8) is 0 Å². The SMILES string of the molecule is CC#CCOc1c(Br)cccc1CC(C)N. The van der Waals surface area contributed by atoms with Gasteiger partial charge >= 0.3 is 0 Å². The van der Waals surface area contributed by atoms with Crippen molar-refractivity contribution in [3.05, 3.63) is 28.2 Å². The Morgan fingerprint density at radius 1 is 1.50 bits per heavy atom. The van der Waals surface area contributed by atoms with Gasteiger partial charge in [-0.15, -0.1) is 5.92 Å². The van der Waals surface area contributed by atoms with Crippen molar-refractivity contribution < 1.29 is 4.74 Å². The number of ether oxygens (including phenoxy) is 1. The maximum Gasteiger partial charge on any atom is 0.149 e. The summed E-state index contributed by atoms with van der Waals surface area (Å²) < 4.78 is 6.58. The second kappa shape index (κ2) is 6.57. The van der Waals surface area contributed by atoms with Crippen LogP contribution in [0.25, 0.3) is 0 Å². The molecule has 1 aromatic rings. The number of benzene rings is 1. The standard InChI is InChI=1S/C13H16BrNO/c1-3-4-8-16-13-11(9-10(2)15)6-5-7-12(13)14/h5-7,10H,8-9,15H2,1-2H3. The summed E-state index contributed by atoms with van der Waals surface area (Å²) in [4.78, 5) is 0. The zero-order valence-corrected chi connectivity index (χ0v) is 11.2. The van der Waals surface area contributed by atoms with Gasteiger partial charge in [0.05, 0.1) is 4.47 Å². The number of halogens is 1. The molecule has 2 nitrogen and oxygen atoms in total. The van der Waals surface area contributed by atoms with Gasteiger partial charge in [0, 0.05) is 6.04 Å². The molecule has 1 unspecified atom stereocenters. The molecule has 0 bridgehead atoms. The highest BCUT2D eigenvalue weighted by molar-refractivity contribution is 9.10. The third-order valence-electron chi connectivity index (χ3n) is 2.06. The van der Waals surface area contributed by atoms with Crippen molar-refractivity contribution in [2.45, 2.75) is 26.3 Å². The molecule has 0 aliphatic carbocycles. The van der Waals surface area contributed by atoms with Gasteiger partial charge in [-0.25, -0.2) is 0 Å².